The van der Waals surface area contributed by atoms with Crippen LogP contribution in [0.4, 0.5) is 0 Å². The van der Waals surface area contributed by atoms with Gasteiger partial charge in [-0.25, -0.2) is 0 Å². The highest BCUT2D eigenvalue weighted by molar-refractivity contribution is 5.72. The number of carbonyl (C=O) groups excluding carboxylic acids is 1. The molecule has 0 heterocycles. The molecule has 2 atom stereocenters. The molecule has 0 spiro atoms. The zero-order valence-electron chi connectivity index (χ0n) is 6.09. The van der Waals surface area contributed by atoms with Crippen LogP contribution in [0.3, 0.4) is 0 Å². The van der Waals surface area contributed by atoms with E-state index in [0.717, 1.165) is 6.42 Å². The van der Waals surface area contributed by atoms with Crippen molar-refractivity contribution in [3.05, 3.63) is 0 Å². The normalized spacial score (nSPS) is 45.1. The Kier molecular flexibility index (Phi) is 0.960. The first-order valence-electron chi connectivity index (χ1n) is 3.85. The number of hydrogen-bond acceptors (Lipinski definition) is 2. The summed E-state index contributed by atoms with van der Waals surface area (Å²) in [6.45, 7) is 2.07. The minimum absolute atomic E-state index is 0.125. The molecule has 2 nitrogen and oxygen atoms in total. The second-order valence-electron chi connectivity index (χ2n) is 3.86. The first-order valence-corrected chi connectivity index (χ1v) is 3.85. The summed E-state index contributed by atoms with van der Waals surface area (Å²) < 4.78 is 0. The molecule has 0 saturated heterocycles. The molecule has 2 fully saturated rings. The van der Waals surface area contributed by atoms with E-state index in [1.54, 1.807) is 0 Å². The lowest BCUT2D eigenvalue weighted by atomic mass is 10.0. The Morgan fingerprint density at radius 3 is 2.50 bits per heavy atom. The van der Waals surface area contributed by atoms with Crippen LogP contribution in [0.15, 0.2) is 0 Å². The standard InChI is InChI=1S/C8H12O2/c1-8(5-2-3-5)4-6(8)7(9)10/h5-6H,2-4H2,1H3,(H,9,10)/p-1/t6-,8+/m0/s1. The lowest BCUT2D eigenvalue weighted by Gasteiger charge is -2.08. The van der Waals surface area contributed by atoms with Crippen molar-refractivity contribution in [3.63, 3.8) is 0 Å². The fraction of sp³-hybridized carbons (Fsp3) is 0.875. The average Bonchev–Trinajstić information content (AvgIpc) is 2.49. The van der Waals surface area contributed by atoms with Crippen molar-refractivity contribution in [1.29, 1.82) is 0 Å². The van der Waals surface area contributed by atoms with Crippen LogP contribution in [0.5, 0.6) is 0 Å². The maximum absolute atomic E-state index is 10.4. The lowest BCUT2D eigenvalue weighted by molar-refractivity contribution is -0.308. The van der Waals surface area contributed by atoms with Gasteiger partial charge in [-0.05, 0) is 30.6 Å². The molecule has 0 aromatic rings. The maximum atomic E-state index is 10.4. The van der Waals surface area contributed by atoms with Gasteiger partial charge in [0.2, 0.25) is 0 Å². The molecule has 0 bridgehead atoms. The Balaban J connectivity index is 2.02. The van der Waals surface area contributed by atoms with Gasteiger partial charge in [0.15, 0.2) is 0 Å². The van der Waals surface area contributed by atoms with Gasteiger partial charge in [0.05, 0.1) is 0 Å². The fourth-order valence-electron chi connectivity index (χ4n) is 1.93. The molecule has 2 aliphatic rings. The van der Waals surface area contributed by atoms with Gasteiger partial charge >= 0.3 is 0 Å². The summed E-state index contributed by atoms with van der Waals surface area (Å²) in [6, 6.07) is 0. The smallest absolute Gasteiger partial charge is 0.0451 e. The molecule has 0 N–H and O–H groups in total. The predicted octanol–water partition coefficient (Wildman–Crippen LogP) is 0.172. The van der Waals surface area contributed by atoms with Crippen molar-refractivity contribution in [2.24, 2.45) is 17.3 Å². The monoisotopic (exact) mass is 139 g/mol. The topological polar surface area (TPSA) is 40.1 Å². The molecule has 2 rings (SSSR count). The van der Waals surface area contributed by atoms with Crippen LogP contribution in [-0.2, 0) is 4.79 Å². The number of carboxylic acids is 1. The molecule has 2 heteroatoms. The fourth-order valence-corrected chi connectivity index (χ4v) is 1.93. The van der Waals surface area contributed by atoms with Crippen LogP contribution >= 0.6 is 0 Å². The van der Waals surface area contributed by atoms with Crippen LogP contribution in [0.1, 0.15) is 26.2 Å². The zero-order valence-corrected chi connectivity index (χ0v) is 6.09. The summed E-state index contributed by atoms with van der Waals surface area (Å²) in [4.78, 5) is 10.4. The van der Waals surface area contributed by atoms with E-state index in [9.17, 15) is 9.90 Å². The van der Waals surface area contributed by atoms with Crippen molar-refractivity contribution < 1.29 is 9.90 Å². The van der Waals surface area contributed by atoms with Crippen molar-refractivity contribution in [2.75, 3.05) is 0 Å². The Hall–Kier alpha value is -0.530. The van der Waals surface area contributed by atoms with Crippen LogP contribution in [0.2, 0.25) is 0 Å². The van der Waals surface area contributed by atoms with Gasteiger partial charge in [-0.2, -0.15) is 0 Å². The highest BCUT2D eigenvalue weighted by Gasteiger charge is 2.58. The van der Waals surface area contributed by atoms with Crippen LogP contribution in [0, 0.1) is 17.3 Å². The largest absolute Gasteiger partial charge is 0.550 e. The number of hydrogen-bond donors (Lipinski definition) is 0. The van der Waals surface area contributed by atoms with E-state index in [1.165, 1.54) is 12.8 Å². The maximum Gasteiger partial charge on any atom is 0.0451 e. The molecule has 0 radical (unpaired) electrons. The first kappa shape index (κ1) is 6.20. The second-order valence-corrected chi connectivity index (χ2v) is 3.86. The quantitative estimate of drug-likeness (QED) is 0.547. The highest BCUT2D eigenvalue weighted by atomic mass is 16.4. The summed E-state index contributed by atoms with van der Waals surface area (Å²) in [5, 5.41) is 10.4. The molecular weight excluding hydrogens is 128 g/mol. The molecule has 2 saturated carbocycles. The molecular formula is C8H11O2-. The van der Waals surface area contributed by atoms with E-state index in [2.05, 4.69) is 6.92 Å². The predicted molar refractivity (Wildman–Crippen MR) is 33.9 cm³/mol. The van der Waals surface area contributed by atoms with E-state index >= 15 is 0 Å². The van der Waals surface area contributed by atoms with Crippen molar-refractivity contribution in [3.8, 4) is 0 Å². The summed E-state index contributed by atoms with van der Waals surface area (Å²) in [6.07, 6.45) is 3.33. The summed E-state index contributed by atoms with van der Waals surface area (Å²) in [5.41, 5.74) is 0.138. The molecule has 0 aromatic carbocycles. The first-order chi connectivity index (χ1) is 4.64. The number of carbonyl (C=O) groups is 1. The van der Waals surface area contributed by atoms with Gasteiger partial charge < -0.3 is 9.90 Å². The third-order valence-corrected chi connectivity index (χ3v) is 3.07. The zero-order chi connectivity index (χ0) is 7.35. The number of carboxylic acid groups (broad SMARTS) is 1. The van der Waals surface area contributed by atoms with Gasteiger partial charge in [-0.1, -0.05) is 6.92 Å². The van der Waals surface area contributed by atoms with Gasteiger partial charge in [0, 0.05) is 11.9 Å². The SMILES string of the molecule is C[C@]1(C2CC2)C[C@H]1C(=O)[O-]. The van der Waals surface area contributed by atoms with Crippen LogP contribution in [0.25, 0.3) is 0 Å². The number of aliphatic carboxylic acids is 1. The summed E-state index contributed by atoms with van der Waals surface area (Å²) in [5.74, 6) is -0.259. The van der Waals surface area contributed by atoms with Gasteiger partial charge in [-0.3, -0.25) is 0 Å². The van der Waals surface area contributed by atoms with Gasteiger partial charge in [0.25, 0.3) is 0 Å². The highest BCUT2D eigenvalue weighted by Crippen LogP contribution is 2.64. The van der Waals surface area contributed by atoms with Gasteiger partial charge in [0.1, 0.15) is 0 Å². The minimum atomic E-state index is -0.839. The number of rotatable bonds is 2. The Labute approximate surface area is 60.2 Å². The molecule has 0 aliphatic heterocycles. The Morgan fingerprint density at radius 1 is 1.60 bits per heavy atom. The van der Waals surface area contributed by atoms with Crippen LogP contribution in [-0.4, -0.2) is 5.97 Å². The molecule has 56 valence electrons. The van der Waals surface area contributed by atoms with E-state index in [0.29, 0.717) is 5.92 Å². The molecule has 0 unspecified atom stereocenters. The van der Waals surface area contributed by atoms with Crippen molar-refractivity contribution >= 4 is 5.97 Å². The lowest BCUT2D eigenvalue weighted by Crippen LogP contribution is -2.27. The van der Waals surface area contributed by atoms with Crippen molar-refractivity contribution in [2.45, 2.75) is 26.2 Å². The molecule has 2 aliphatic carbocycles. The average molecular weight is 139 g/mol. The van der Waals surface area contributed by atoms with E-state index < -0.39 is 5.97 Å². The van der Waals surface area contributed by atoms with Crippen molar-refractivity contribution in [1.82, 2.24) is 0 Å². The molecule has 10 heavy (non-hydrogen) atoms. The molecule has 0 aromatic heterocycles. The summed E-state index contributed by atoms with van der Waals surface area (Å²) >= 11 is 0. The van der Waals surface area contributed by atoms with E-state index in [-0.39, 0.29) is 11.3 Å². The Bertz CT molecular complexity index is 184. The second kappa shape index (κ2) is 1.55. The van der Waals surface area contributed by atoms with E-state index in [4.69, 9.17) is 0 Å². The Morgan fingerprint density at radius 2 is 2.20 bits per heavy atom. The summed E-state index contributed by atoms with van der Waals surface area (Å²) in [7, 11) is 0. The van der Waals surface area contributed by atoms with Crippen LogP contribution < -0.4 is 5.11 Å². The van der Waals surface area contributed by atoms with Gasteiger partial charge in [-0.15, -0.1) is 0 Å². The minimum Gasteiger partial charge on any atom is -0.550 e. The third kappa shape index (κ3) is 0.678. The van der Waals surface area contributed by atoms with E-state index in [1.807, 2.05) is 0 Å². The molecule has 0 amide bonds. The third-order valence-electron chi connectivity index (χ3n) is 3.07.